The fourth-order valence-electron chi connectivity index (χ4n) is 1.77. The molecule has 0 saturated carbocycles. The van der Waals surface area contributed by atoms with Gasteiger partial charge in [0.25, 0.3) is 0 Å². The third-order valence-corrected chi connectivity index (χ3v) is 2.84. The minimum Gasteiger partial charge on any atom is -0.481 e. The molecule has 0 fully saturated rings. The molecule has 0 aliphatic rings. The van der Waals surface area contributed by atoms with Gasteiger partial charge in [-0.2, -0.15) is 0 Å². The van der Waals surface area contributed by atoms with Crippen LogP contribution in [0.2, 0.25) is 0 Å². The van der Waals surface area contributed by atoms with Crippen molar-refractivity contribution in [3.05, 3.63) is 42.0 Å². The largest absolute Gasteiger partial charge is 0.481 e. The Hall–Kier alpha value is -2.14. The number of carboxylic acids is 1. The predicted octanol–water partition coefficient (Wildman–Crippen LogP) is 1.35. The average Bonchev–Trinajstić information content (AvgIpc) is 2.43. The number of hydrogen-bond donors (Lipinski definition) is 2. The molecule has 1 aromatic carbocycles. The van der Waals surface area contributed by atoms with Gasteiger partial charge in [0.05, 0.1) is 12.5 Å². The molecule has 0 unspecified atom stereocenters. The summed E-state index contributed by atoms with van der Waals surface area (Å²) >= 11 is 0. The van der Waals surface area contributed by atoms with E-state index in [9.17, 15) is 9.59 Å². The summed E-state index contributed by atoms with van der Waals surface area (Å²) in [6, 6.07) is 8.74. The van der Waals surface area contributed by atoms with Gasteiger partial charge >= 0.3 is 5.97 Å². The van der Waals surface area contributed by atoms with Gasteiger partial charge in [-0.05, 0) is 12.5 Å². The summed E-state index contributed by atoms with van der Waals surface area (Å²) in [4.78, 5) is 24.1. The van der Waals surface area contributed by atoms with Crippen LogP contribution in [-0.2, 0) is 9.59 Å². The second kappa shape index (κ2) is 8.12. The number of amides is 1. The van der Waals surface area contributed by atoms with Crippen LogP contribution < -0.4 is 5.73 Å². The van der Waals surface area contributed by atoms with E-state index in [-0.39, 0.29) is 12.3 Å². The highest BCUT2D eigenvalue weighted by Crippen LogP contribution is 2.03. The van der Waals surface area contributed by atoms with E-state index < -0.39 is 12.0 Å². The Morgan fingerprint density at radius 1 is 1.35 bits per heavy atom. The SMILES string of the molecule is CCN(C/C=C/c1ccccc1)C(=O)[C@@H](N)CC(=O)O. The van der Waals surface area contributed by atoms with Crippen molar-refractivity contribution in [2.45, 2.75) is 19.4 Å². The van der Waals surface area contributed by atoms with Crippen LogP contribution in [0.25, 0.3) is 6.08 Å². The second-order valence-corrected chi connectivity index (χ2v) is 4.39. The van der Waals surface area contributed by atoms with Crippen molar-refractivity contribution in [1.29, 1.82) is 0 Å². The standard InChI is InChI=1S/C15H20N2O3/c1-2-17(15(20)13(16)11-14(18)19)10-6-9-12-7-4-3-5-8-12/h3-9,13H,2,10-11,16H2,1H3,(H,18,19)/b9-6+/t13-/m0/s1. The smallest absolute Gasteiger partial charge is 0.305 e. The van der Waals surface area contributed by atoms with Gasteiger partial charge in [-0.3, -0.25) is 9.59 Å². The van der Waals surface area contributed by atoms with Gasteiger partial charge in [-0.15, -0.1) is 0 Å². The molecule has 0 aromatic heterocycles. The highest BCUT2D eigenvalue weighted by molar-refractivity contribution is 5.86. The molecule has 0 heterocycles. The van der Waals surface area contributed by atoms with E-state index in [4.69, 9.17) is 10.8 Å². The van der Waals surface area contributed by atoms with Gasteiger partial charge in [0, 0.05) is 13.1 Å². The van der Waals surface area contributed by atoms with Gasteiger partial charge in [0.1, 0.15) is 0 Å². The highest BCUT2D eigenvalue weighted by atomic mass is 16.4. The first kappa shape index (κ1) is 15.9. The molecule has 1 atom stereocenters. The Morgan fingerprint density at radius 3 is 2.55 bits per heavy atom. The number of hydrogen-bond acceptors (Lipinski definition) is 3. The number of benzene rings is 1. The lowest BCUT2D eigenvalue weighted by molar-refractivity contribution is -0.141. The topological polar surface area (TPSA) is 83.6 Å². The zero-order valence-electron chi connectivity index (χ0n) is 11.5. The van der Waals surface area contributed by atoms with E-state index >= 15 is 0 Å². The summed E-state index contributed by atoms with van der Waals surface area (Å²) in [7, 11) is 0. The molecule has 3 N–H and O–H groups in total. The molecule has 5 nitrogen and oxygen atoms in total. The third kappa shape index (κ3) is 5.24. The zero-order chi connectivity index (χ0) is 15.0. The van der Waals surface area contributed by atoms with Crippen LogP contribution >= 0.6 is 0 Å². The minimum absolute atomic E-state index is 0.340. The lowest BCUT2D eigenvalue weighted by Gasteiger charge is -2.22. The van der Waals surface area contributed by atoms with Gasteiger partial charge in [0.2, 0.25) is 5.91 Å². The number of likely N-dealkylation sites (N-methyl/N-ethyl adjacent to an activating group) is 1. The van der Waals surface area contributed by atoms with E-state index in [0.717, 1.165) is 5.56 Å². The fourth-order valence-corrected chi connectivity index (χ4v) is 1.77. The van der Waals surface area contributed by atoms with Crippen LogP contribution in [0.5, 0.6) is 0 Å². The number of aliphatic carboxylic acids is 1. The number of nitrogens with zero attached hydrogens (tertiary/aromatic N) is 1. The van der Waals surface area contributed by atoms with Crippen LogP contribution in [-0.4, -0.2) is 41.0 Å². The van der Waals surface area contributed by atoms with Crippen molar-refractivity contribution in [3.63, 3.8) is 0 Å². The molecule has 0 bridgehead atoms. The van der Waals surface area contributed by atoms with Crippen molar-refractivity contribution in [1.82, 2.24) is 4.90 Å². The van der Waals surface area contributed by atoms with Gasteiger partial charge in [-0.1, -0.05) is 42.5 Å². The molecule has 0 radical (unpaired) electrons. The molecule has 0 aliphatic heterocycles. The normalized spacial score (nSPS) is 12.3. The molecule has 20 heavy (non-hydrogen) atoms. The maximum absolute atomic E-state index is 12.0. The molecule has 5 heteroatoms. The molecule has 0 aliphatic carbocycles. The number of carbonyl (C=O) groups is 2. The molecule has 1 amide bonds. The summed E-state index contributed by atoms with van der Waals surface area (Å²) in [5, 5.41) is 8.65. The van der Waals surface area contributed by atoms with E-state index in [2.05, 4.69) is 0 Å². The molecule has 0 saturated heterocycles. The molecule has 108 valence electrons. The Morgan fingerprint density at radius 2 is 2.00 bits per heavy atom. The third-order valence-electron chi connectivity index (χ3n) is 2.84. The first-order valence-electron chi connectivity index (χ1n) is 6.52. The first-order valence-corrected chi connectivity index (χ1v) is 6.52. The lowest BCUT2D eigenvalue weighted by atomic mass is 10.2. The monoisotopic (exact) mass is 276 g/mol. The first-order chi connectivity index (χ1) is 9.54. The molecule has 1 aromatic rings. The van der Waals surface area contributed by atoms with Crippen molar-refractivity contribution in [3.8, 4) is 0 Å². The highest BCUT2D eigenvalue weighted by Gasteiger charge is 2.21. The molecular formula is C15H20N2O3. The van der Waals surface area contributed by atoms with E-state index in [0.29, 0.717) is 13.1 Å². The van der Waals surface area contributed by atoms with E-state index in [1.54, 1.807) is 0 Å². The van der Waals surface area contributed by atoms with Crippen LogP contribution in [0.3, 0.4) is 0 Å². The Labute approximate surface area is 118 Å². The van der Waals surface area contributed by atoms with Crippen LogP contribution in [0.1, 0.15) is 18.9 Å². The maximum atomic E-state index is 12.0. The Kier molecular flexibility index (Phi) is 6.46. The van der Waals surface area contributed by atoms with Crippen molar-refractivity contribution in [2.75, 3.05) is 13.1 Å². The van der Waals surface area contributed by atoms with Gasteiger partial charge in [0.15, 0.2) is 0 Å². The van der Waals surface area contributed by atoms with Crippen LogP contribution in [0.4, 0.5) is 0 Å². The predicted molar refractivity (Wildman–Crippen MR) is 78.0 cm³/mol. The average molecular weight is 276 g/mol. The summed E-state index contributed by atoms with van der Waals surface area (Å²) in [5.74, 6) is -1.41. The number of nitrogens with two attached hydrogens (primary N) is 1. The van der Waals surface area contributed by atoms with Crippen molar-refractivity contribution < 1.29 is 14.7 Å². The Balaban J connectivity index is 2.56. The summed E-state index contributed by atoms with van der Waals surface area (Å²) in [6.07, 6.45) is 3.43. The van der Waals surface area contributed by atoms with Crippen LogP contribution in [0, 0.1) is 0 Å². The molecule has 0 spiro atoms. The summed E-state index contributed by atoms with van der Waals surface area (Å²) < 4.78 is 0. The van der Waals surface area contributed by atoms with E-state index in [1.165, 1.54) is 4.90 Å². The van der Waals surface area contributed by atoms with Crippen LogP contribution in [0.15, 0.2) is 36.4 Å². The quantitative estimate of drug-likeness (QED) is 0.787. The molecular weight excluding hydrogens is 256 g/mol. The number of carbonyl (C=O) groups excluding carboxylic acids is 1. The van der Waals surface area contributed by atoms with Crippen molar-refractivity contribution in [2.24, 2.45) is 5.73 Å². The fraction of sp³-hybridized carbons (Fsp3) is 0.333. The van der Waals surface area contributed by atoms with Gasteiger partial charge in [-0.25, -0.2) is 0 Å². The van der Waals surface area contributed by atoms with Crippen molar-refractivity contribution >= 4 is 18.0 Å². The second-order valence-electron chi connectivity index (χ2n) is 4.39. The maximum Gasteiger partial charge on any atom is 0.305 e. The summed E-state index contributed by atoms with van der Waals surface area (Å²) in [6.45, 7) is 2.74. The van der Waals surface area contributed by atoms with Gasteiger partial charge < -0.3 is 15.7 Å². The number of rotatable bonds is 7. The number of carboxylic acid groups (broad SMARTS) is 1. The zero-order valence-corrected chi connectivity index (χ0v) is 11.5. The molecule has 1 rings (SSSR count). The minimum atomic E-state index is -1.07. The Bertz CT molecular complexity index is 471. The lowest BCUT2D eigenvalue weighted by Crippen LogP contribution is -2.44. The van der Waals surface area contributed by atoms with E-state index in [1.807, 2.05) is 49.4 Å². The summed E-state index contributed by atoms with van der Waals surface area (Å²) in [5.41, 5.74) is 6.63.